The average molecular weight is 325 g/mol. The topological polar surface area (TPSA) is 49.0 Å². The molecule has 3 atom stereocenters. The number of hydrogen-bond acceptors (Lipinski definition) is 2. The number of pyridine rings is 1. The molecule has 4 rings (SSSR count). The smallest absolute Gasteiger partial charge is 0.223 e. The van der Waals surface area contributed by atoms with Crippen LogP contribution in [0.5, 0.6) is 0 Å². The van der Waals surface area contributed by atoms with Crippen molar-refractivity contribution in [2.75, 3.05) is 0 Å². The zero-order valence-electron chi connectivity index (χ0n) is 14.5. The molecule has 0 aromatic carbocycles. The molecule has 2 bridgehead atoms. The van der Waals surface area contributed by atoms with Crippen molar-refractivity contribution < 1.29 is 4.79 Å². The fourth-order valence-corrected chi connectivity index (χ4v) is 4.89. The summed E-state index contributed by atoms with van der Waals surface area (Å²) in [6.07, 6.45) is 12.6. The van der Waals surface area contributed by atoms with Gasteiger partial charge in [-0.2, -0.15) is 0 Å². The first-order valence-electron chi connectivity index (χ1n) is 9.48. The van der Waals surface area contributed by atoms with Gasteiger partial charge in [0.1, 0.15) is 5.65 Å². The average Bonchev–Trinajstić information content (AvgIpc) is 3.02. The van der Waals surface area contributed by atoms with Crippen molar-refractivity contribution in [3.8, 4) is 0 Å². The maximum absolute atomic E-state index is 13.0. The molecular formula is C20H27N3O. The minimum atomic E-state index is 0.352. The standard InChI is InChI=1S/C20H27N3O/c1-2-16-11-14-5-3-6-17(12-14)23(16)19(24)9-8-15-13-22-20-18(15)7-4-10-21-20/h4,7,10,13-14,16-17H,2-3,5-6,8-9,11-12H2,1H3,(H,21,22). The number of piperidine rings is 1. The van der Waals surface area contributed by atoms with Gasteiger partial charge in [-0.25, -0.2) is 4.98 Å². The summed E-state index contributed by atoms with van der Waals surface area (Å²) in [6.45, 7) is 2.23. The zero-order valence-corrected chi connectivity index (χ0v) is 14.5. The molecule has 1 saturated heterocycles. The van der Waals surface area contributed by atoms with Crippen LogP contribution in [0.15, 0.2) is 24.5 Å². The van der Waals surface area contributed by atoms with Gasteiger partial charge in [0.25, 0.3) is 0 Å². The SMILES string of the molecule is CCC1CC2CCCC(C2)N1C(=O)CCc1c[nH]c2ncccc12. The molecule has 0 radical (unpaired) electrons. The van der Waals surface area contributed by atoms with Crippen LogP contribution in [0, 0.1) is 5.92 Å². The predicted molar refractivity (Wildman–Crippen MR) is 95.7 cm³/mol. The lowest BCUT2D eigenvalue weighted by atomic mass is 9.76. The number of carbonyl (C=O) groups is 1. The number of fused-ring (bicyclic) bond motifs is 3. The lowest BCUT2D eigenvalue weighted by molar-refractivity contribution is -0.141. The van der Waals surface area contributed by atoms with Crippen molar-refractivity contribution in [2.45, 2.75) is 70.4 Å². The Morgan fingerprint density at radius 1 is 1.38 bits per heavy atom. The number of aromatic amines is 1. The van der Waals surface area contributed by atoms with Gasteiger partial charge < -0.3 is 9.88 Å². The molecule has 3 unspecified atom stereocenters. The van der Waals surface area contributed by atoms with E-state index in [9.17, 15) is 4.79 Å². The summed E-state index contributed by atoms with van der Waals surface area (Å²) < 4.78 is 0. The first kappa shape index (κ1) is 15.7. The Bertz CT molecular complexity index is 720. The van der Waals surface area contributed by atoms with Crippen molar-refractivity contribution >= 4 is 16.9 Å². The largest absolute Gasteiger partial charge is 0.346 e. The number of hydrogen-bond donors (Lipinski definition) is 1. The van der Waals surface area contributed by atoms with Crippen molar-refractivity contribution in [3.05, 3.63) is 30.1 Å². The fourth-order valence-electron chi connectivity index (χ4n) is 4.89. The van der Waals surface area contributed by atoms with Gasteiger partial charge in [-0.15, -0.1) is 0 Å². The van der Waals surface area contributed by atoms with E-state index >= 15 is 0 Å². The van der Waals surface area contributed by atoms with Crippen LogP contribution < -0.4 is 0 Å². The maximum atomic E-state index is 13.0. The Morgan fingerprint density at radius 2 is 2.29 bits per heavy atom. The molecule has 1 saturated carbocycles. The number of aromatic nitrogens is 2. The Balaban J connectivity index is 1.46. The second-order valence-corrected chi connectivity index (χ2v) is 7.50. The summed E-state index contributed by atoms with van der Waals surface area (Å²) in [7, 11) is 0. The molecule has 0 spiro atoms. The molecular weight excluding hydrogens is 298 g/mol. The maximum Gasteiger partial charge on any atom is 0.223 e. The van der Waals surface area contributed by atoms with E-state index in [0.29, 0.717) is 24.4 Å². The summed E-state index contributed by atoms with van der Waals surface area (Å²) in [4.78, 5) is 22.8. The quantitative estimate of drug-likeness (QED) is 0.921. The summed E-state index contributed by atoms with van der Waals surface area (Å²) in [5.41, 5.74) is 2.12. The highest BCUT2D eigenvalue weighted by atomic mass is 16.2. The van der Waals surface area contributed by atoms with Crippen LogP contribution in [0.4, 0.5) is 0 Å². The van der Waals surface area contributed by atoms with E-state index in [0.717, 1.165) is 29.8 Å². The molecule has 2 aliphatic rings. The van der Waals surface area contributed by atoms with Crippen LogP contribution in [-0.2, 0) is 11.2 Å². The van der Waals surface area contributed by atoms with E-state index in [1.165, 1.54) is 37.7 Å². The Labute approximate surface area is 143 Å². The highest BCUT2D eigenvalue weighted by Crippen LogP contribution is 2.39. The van der Waals surface area contributed by atoms with Gasteiger partial charge >= 0.3 is 0 Å². The zero-order chi connectivity index (χ0) is 16.5. The number of carbonyl (C=O) groups excluding carboxylic acids is 1. The van der Waals surface area contributed by atoms with Crippen LogP contribution in [0.3, 0.4) is 0 Å². The van der Waals surface area contributed by atoms with Crippen molar-refractivity contribution in [1.82, 2.24) is 14.9 Å². The Kier molecular flexibility index (Phi) is 4.30. The normalized spacial score (nSPS) is 26.7. The number of rotatable bonds is 4. The number of nitrogens with one attached hydrogen (secondary N) is 1. The fraction of sp³-hybridized carbons (Fsp3) is 0.600. The van der Waals surface area contributed by atoms with Gasteiger partial charge in [0.05, 0.1) is 0 Å². The van der Waals surface area contributed by atoms with Gasteiger partial charge in [-0.3, -0.25) is 4.79 Å². The van der Waals surface area contributed by atoms with Gasteiger partial charge in [0.2, 0.25) is 5.91 Å². The first-order valence-corrected chi connectivity index (χ1v) is 9.48. The van der Waals surface area contributed by atoms with Crippen LogP contribution >= 0.6 is 0 Å². The van der Waals surface area contributed by atoms with Gasteiger partial charge in [0.15, 0.2) is 0 Å². The van der Waals surface area contributed by atoms with E-state index in [2.05, 4.69) is 27.9 Å². The van der Waals surface area contributed by atoms with Crippen molar-refractivity contribution in [3.63, 3.8) is 0 Å². The molecule has 2 aromatic heterocycles. The highest BCUT2D eigenvalue weighted by molar-refractivity contribution is 5.81. The summed E-state index contributed by atoms with van der Waals surface area (Å²) in [6, 6.07) is 5.01. The first-order chi connectivity index (χ1) is 11.8. The Hall–Kier alpha value is -1.84. The summed E-state index contributed by atoms with van der Waals surface area (Å²) in [5.74, 6) is 1.21. The van der Waals surface area contributed by atoms with Crippen molar-refractivity contribution in [1.29, 1.82) is 0 Å². The van der Waals surface area contributed by atoms with Gasteiger partial charge in [-0.05, 0) is 55.7 Å². The lowest BCUT2D eigenvalue weighted by Gasteiger charge is -2.48. The van der Waals surface area contributed by atoms with Gasteiger partial charge in [0, 0.05) is 36.3 Å². The van der Waals surface area contributed by atoms with Crippen LogP contribution in [-0.4, -0.2) is 32.9 Å². The molecule has 2 aromatic rings. The number of likely N-dealkylation sites (tertiary alicyclic amines) is 1. The monoisotopic (exact) mass is 325 g/mol. The van der Waals surface area contributed by atoms with E-state index in [4.69, 9.17) is 0 Å². The van der Waals surface area contributed by atoms with E-state index in [-0.39, 0.29) is 0 Å². The third kappa shape index (κ3) is 2.83. The molecule has 128 valence electrons. The summed E-state index contributed by atoms with van der Waals surface area (Å²) in [5, 5.41) is 1.15. The molecule has 1 aliphatic heterocycles. The number of aryl methyl sites for hydroxylation is 1. The molecule has 1 amide bonds. The molecule has 1 N–H and O–H groups in total. The highest BCUT2D eigenvalue weighted by Gasteiger charge is 2.39. The van der Waals surface area contributed by atoms with Crippen LogP contribution in [0.2, 0.25) is 0 Å². The number of nitrogens with zero attached hydrogens (tertiary/aromatic N) is 2. The second kappa shape index (κ2) is 6.58. The molecule has 4 heteroatoms. The van der Waals surface area contributed by atoms with E-state index < -0.39 is 0 Å². The van der Waals surface area contributed by atoms with E-state index in [1.54, 1.807) is 6.20 Å². The number of amides is 1. The molecule has 2 fully saturated rings. The lowest BCUT2D eigenvalue weighted by Crippen LogP contribution is -2.53. The molecule has 3 heterocycles. The number of H-pyrrole nitrogens is 1. The second-order valence-electron chi connectivity index (χ2n) is 7.50. The third-order valence-electron chi connectivity index (χ3n) is 6.05. The van der Waals surface area contributed by atoms with Crippen LogP contribution in [0.1, 0.15) is 57.4 Å². The Morgan fingerprint density at radius 3 is 3.17 bits per heavy atom. The molecule has 24 heavy (non-hydrogen) atoms. The summed E-state index contributed by atoms with van der Waals surface area (Å²) >= 11 is 0. The van der Waals surface area contributed by atoms with E-state index in [1.807, 2.05) is 12.3 Å². The van der Waals surface area contributed by atoms with Gasteiger partial charge in [-0.1, -0.05) is 19.8 Å². The van der Waals surface area contributed by atoms with Crippen LogP contribution in [0.25, 0.3) is 11.0 Å². The predicted octanol–water partition coefficient (Wildman–Crippen LogP) is 4.07. The minimum Gasteiger partial charge on any atom is -0.346 e. The third-order valence-corrected chi connectivity index (χ3v) is 6.05. The molecule has 1 aliphatic carbocycles. The minimum absolute atomic E-state index is 0.352. The molecule has 4 nitrogen and oxygen atoms in total. The van der Waals surface area contributed by atoms with Crippen molar-refractivity contribution in [2.24, 2.45) is 5.92 Å².